The Morgan fingerprint density at radius 1 is 1.13 bits per heavy atom. The molecule has 2 aliphatic rings. The Labute approximate surface area is 94.4 Å². The minimum Gasteiger partial charge on any atom is -0.394 e. The van der Waals surface area contributed by atoms with Gasteiger partial charge in [0.15, 0.2) is 0 Å². The van der Waals surface area contributed by atoms with Crippen LogP contribution in [0.1, 0.15) is 39.5 Å². The maximum Gasteiger partial charge on any atom is 0.0615 e. The van der Waals surface area contributed by atoms with Crippen molar-refractivity contribution in [1.29, 1.82) is 0 Å². The lowest BCUT2D eigenvalue weighted by atomic mass is 9.96. The SMILES string of the molecule is CC.COC.OCC12CCCN1CCC2. The van der Waals surface area contributed by atoms with Gasteiger partial charge in [0, 0.05) is 19.8 Å². The van der Waals surface area contributed by atoms with Gasteiger partial charge in [-0.2, -0.15) is 0 Å². The molecule has 0 saturated carbocycles. The van der Waals surface area contributed by atoms with Crippen molar-refractivity contribution in [2.24, 2.45) is 0 Å². The summed E-state index contributed by atoms with van der Waals surface area (Å²) < 4.78 is 4.25. The second kappa shape index (κ2) is 8.08. The van der Waals surface area contributed by atoms with Crippen LogP contribution in [0.2, 0.25) is 0 Å². The zero-order valence-electron chi connectivity index (χ0n) is 10.8. The Bertz CT molecular complexity index is 141. The lowest BCUT2D eigenvalue weighted by molar-refractivity contribution is 0.0999. The summed E-state index contributed by atoms with van der Waals surface area (Å²) in [5.41, 5.74) is 0.236. The smallest absolute Gasteiger partial charge is 0.0615 e. The molecule has 15 heavy (non-hydrogen) atoms. The summed E-state index contributed by atoms with van der Waals surface area (Å²) >= 11 is 0. The fourth-order valence-electron chi connectivity index (χ4n) is 2.48. The summed E-state index contributed by atoms with van der Waals surface area (Å²) in [5.74, 6) is 0. The number of aliphatic hydroxyl groups is 1. The molecule has 2 saturated heterocycles. The third-order valence-electron chi connectivity index (χ3n) is 3.11. The van der Waals surface area contributed by atoms with Gasteiger partial charge in [-0.25, -0.2) is 0 Å². The van der Waals surface area contributed by atoms with Crippen molar-refractivity contribution in [1.82, 2.24) is 4.90 Å². The van der Waals surface area contributed by atoms with Crippen molar-refractivity contribution < 1.29 is 9.84 Å². The van der Waals surface area contributed by atoms with Crippen LogP contribution in [0.15, 0.2) is 0 Å². The van der Waals surface area contributed by atoms with Gasteiger partial charge < -0.3 is 9.84 Å². The first-order chi connectivity index (χ1) is 7.29. The van der Waals surface area contributed by atoms with Crippen LogP contribution < -0.4 is 0 Å². The van der Waals surface area contributed by atoms with Crippen molar-refractivity contribution in [3.8, 4) is 0 Å². The molecule has 2 fully saturated rings. The Balaban J connectivity index is 0.000000342. The van der Waals surface area contributed by atoms with Gasteiger partial charge in [-0.1, -0.05) is 13.8 Å². The van der Waals surface area contributed by atoms with Crippen LogP contribution >= 0.6 is 0 Å². The van der Waals surface area contributed by atoms with Gasteiger partial charge in [-0.3, -0.25) is 4.90 Å². The molecule has 0 unspecified atom stereocenters. The average molecular weight is 217 g/mol. The molecule has 3 heteroatoms. The van der Waals surface area contributed by atoms with Crippen molar-refractivity contribution in [2.45, 2.75) is 45.1 Å². The van der Waals surface area contributed by atoms with E-state index in [1.165, 1.54) is 38.8 Å². The monoisotopic (exact) mass is 217 g/mol. The maximum absolute atomic E-state index is 9.19. The van der Waals surface area contributed by atoms with Crippen LogP contribution in [0.4, 0.5) is 0 Å². The largest absolute Gasteiger partial charge is 0.394 e. The minimum absolute atomic E-state index is 0.236. The molecule has 0 bridgehead atoms. The van der Waals surface area contributed by atoms with Gasteiger partial charge in [0.05, 0.1) is 6.61 Å². The summed E-state index contributed by atoms with van der Waals surface area (Å²) in [6.07, 6.45) is 5.04. The molecule has 2 rings (SSSR count). The number of nitrogens with zero attached hydrogens (tertiary/aromatic N) is 1. The fraction of sp³-hybridized carbons (Fsp3) is 1.00. The van der Waals surface area contributed by atoms with Gasteiger partial charge in [-0.15, -0.1) is 0 Å². The van der Waals surface area contributed by atoms with Crippen LogP contribution in [0.5, 0.6) is 0 Å². The molecule has 2 aliphatic heterocycles. The highest BCUT2D eigenvalue weighted by molar-refractivity contribution is 4.99. The van der Waals surface area contributed by atoms with Crippen LogP contribution in [0.25, 0.3) is 0 Å². The number of fused-ring (bicyclic) bond motifs is 1. The molecule has 0 aliphatic carbocycles. The van der Waals surface area contributed by atoms with Crippen molar-refractivity contribution >= 4 is 0 Å². The van der Waals surface area contributed by atoms with Crippen molar-refractivity contribution in [3.05, 3.63) is 0 Å². The third kappa shape index (κ3) is 3.74. The summed E-state index contributed by atoms with van der Waals surface area (Å²) in [5, 5.41) is 9.19. The van der Waals surface area contributed by atoms with Gasteiger partial charge in [0.25, 0.3) is 0 Å². The van der Waals surface area contributed by atoms with E-state index in [0.717, 1.165) is 0 Å². The Kier molecular flexibility index (Phi) is 8.02. The van der Waals surface area contributed by atoms with Crippen molar-refractivity contribution in [2.75, 3.05) is 33.9 Å². The molecule has 0 spiro atoms. The lowest BCUT2D eigenvalue weighted by Crippen LogP contribution is -2.41. The van der Waals surface area contributed by atoms with Crippen molar-refractivity contribution in [3.63, 3.8) is 0 Å². The summed E-state index contributed by atoms with van der Waals surface area (Å²) in [6, 6.07) is 0. The van der Waals surface area contributed by atoms with Crippen LogP contribution in [0.3, 0.4) is 0 Å². The van der Waals surface area contributed by atoms with Gasteiger partial charge in [-0.05, 0) is 38.8 Å². The summed E-state index contributed by atoms with van der Waals surface area (Å²) in [6.45, 7) is 6.83. The highest BCUT2D eigenvalue weighted by atomic mass is 16.4. The number of hydrogen-bond acceptors (Lipinski definition) is 3. The Hall–Kier alpha value is -0.120. The molecule has 0 aromatic carbocycles. The Morgan fingerprint density at radius 2 is 1.53 bits per heavy atom. The molecule has 0 aromatic heterocycles. The predicted molar refractivity (Wildman–Crippen MR) is 64.1 cm³/mol. The zero-order valence-corrected chi connectivity index (χ0v) is 10.8. The zero-order chi connectivity index (χ0) is 11.7. The summed E-state index contributed by atoms with van der Waals surface area (Å²) in [4.78, 5) is 2.47. The van der Waals surface area contributed by atoms with E-state index >= 15 is 0 Å². The van der Waals surface area contributed by atoms with Crippen LogP contribution in [-0.2, 0) is 4.74 Å². The average Bonchev–Trinajstić information content (AvgIpc) is 2.80. The molecule has 92 valence electrons. The van der Waals surface area contributed by atoms with Gasteiger partial charge in [0.2, 0.25) is 0 Å². The van der Waals surface area contributed by atoms with E-state index in [4.69, 9.17) is 0 Å². The topological polar surface area (TPSA) is 32.7 Å². The van der Waals surface area contributed by atoms with E-state index < -0.39 is 0 Å². The molecule has 2 heterocycles. The molecule has 0 aromatic rings. The highest BCUT2D eigenvalue weighted by Crippen LogP contribution is 2.37. The number of ether oxygens (including phenoxy) is 1. The van der Waals surface area contributed by atoms with E-state index in [9.17, 15) is 5.11 Å². The van der Waals surface area contributed by atoms with E-state index in [1.54, 1.807) is 14.2 Å². The quantitative estimate of drug-likeness (QED) is 0.728. The number of methoxy groups -OCH3 is 1. The van der Waals surface area contributed by atoms with Gasteiger partial charge >= 0.3 is 0 Å². The molecule has 1 N–H and O–H groups in total. The first kappa shape index (κ1) is 14.9. The van der Waals surface area contributed by atoms with Gasteiger partial charge in [0.1, 0.15) is 0 Å². The first-order valence-corrected chi connectivity index (χ1v) is 6.05. The van der Waals surface area contributed by atoms with Crippen LogP contribution in [-0.4, -0.2) is 49.5 Å². The number of aliphatic hydroxyl groups excluding tert-OH is 1. The van der Waals surface area contributed by atoms with E-state index in [1.807, 2.05) is 13.8 Å². The summed E-state index contributed by atoms with van der Waals surface area (Å²) in [7, 11) is 3.25. The minimum atomic E-state index is 0.236. The second-order valence-corrected chi connectivity index (χ2v) is 3.98. The first-order valence-electron chi connectivity index (χ1n) is 6.05. The molecule has 0 radical (unpaired) electrons. The van der Waals surface area contributed by atoms with Crippen LogP contribution in [0, 0.1) is 0 Å². The molecular weight excluding hydrogens is 190 g/mol. The lowest BCUT2D eigenvalue weighted by Gasteiger charge is -2.29. The fourth-order valence-corrected chi connectivity index (χ4v) is 2.48. The standard InChI is InChI=1S/C8H15NO.C2H6O.C2H6/c10-7-8-3-1-5-9(8)6-2-4-8;1-3-2;1-2/h10H,1-7H2;1-2H3;1-2H3. The predicted octanol–water partition coefficient (Wildman–Crippen LogP) is 1.90. The maximum atomic E-state index is 9.19. The number of hydrogen-bond donors (Lipinski definition) is 1. The third-order valence-corrected chi connectivity index (χ3v) is 3.11. The second-order valence-electron chi connectivity index (χ2n) is 3.98. The van der Waals surface area contributed by atoms with E-state index in [0.29, 0.717) is 6.61 Å². The van der Waals surface area contributed by atoms with E-state index in [2.05, 4.69) is 9.64 Å². The molecule has 0 atom stereocenters. The number of rotatable bonds is 1. The molecule has 0 amide bonds. The molecule has 3 nitrogen and oxygen atoms in total. The molecular formula is C12H27NO2. The normalized spacial score (nSPS) is 22.2. The Morgan fingerprint density at radius 3 is 1.80 bits per heavy atom. The van der Waals surface area contributed by atoms with E-state index in [-0.39, 0.29) is 5.54 Å². The highest BCUT2D eigenvalue weighted by Gasteiger charge is 2.43.